The summed E-state index contributed by atoms with van der Waals surface area (Å²) in [6.45, 7) is 5.00. The SMILES string of the molecule is C#CCNC(=NCCc1ccco1)Nc1ccc(OC(C)C)cc1.I. The van der Waals surface area contributed by atoms with Crippen molar-refractivity contribution in [1.82, 2.24) is 5.32 Å². The summed E-state index contributed by atoms with van der Waals surface area (Å²) in [4.78, 5) is 4.51. The van der Waals surface area contributed by atoms with Gasteiger partial charge in [-0.25, -0.2) is 0 Å². The molecule has 0 aliphatic rings. The molecule has 0 fully saturated rings. The Morgan fingerprint density at radius 2 is 2.04 bits per heavy atom. The Bertz CT molecular complexity index is 674. The zero-order chi connectivity index (χ0) is 17.2. The van der Waals surface area contributed by atoms with Crippen molar-refractivity contribution in [3.05, 3.63) is 48.4 Å². The van der Waals surface area contributed by atoms with Gasteiger partial charge < -0.3 is 19.8 Å². The molecule has 0 atom stereocenters. The minimum absolute atomic E-state index is 0. The van der Waals surface area contributed by atoms with Crippen molar-refractivity contribution < 1.29 is 9.15 Å². The van der Waals surface area contributed by atoms with Gasteiger partial charge >= 0.3 is 0 Å². The van der Waals surface area contributed by atoms with Gasteiger partial charge in [-0.05, 0) is 50.2 Å². The van der Waals surface area contributed by atoms with Gasteiger partial charge in [-0.15, -0.1) is 30.4 Å². The minimum Gasteiger partial charge on any atom is -0.491 e. The van der Waals surface area contributed by atoms with Crippen molar-refractivity contribution in [1.29, 1.82) is 0 Å². The van der Waals surface area contributed by atoms with E-state index < -0.39 is 0 Å². The highest BCUT2D eigenvalue weighted by atomic mass is 127. The molecule has 2 aromatic rings. The summed E-state index contributed by atoms with van der Waals surface area (Å²) in [5.74, 6) is 4.93. The molecule has 1 heterocycles. The fraction of sp³-hybridized carbons (Fsp3) is 0.316. The number of guanidine groups is 1. The first-order valence-corrected chi connectivity index (χ1v) is 7.95. The Hall–Kier alpha value is -2.14. The molecule has 1 aromatic heterocycles. The highest BCUT2D eigenvalue weighted by molar-refractivity contribution is 14.0. The lowest BCUT2D eigenvalue weighted by Gasteiger charge is -2.13. The third-order valence-corrected chi connectivity index (χ3v) is 3.05. The number of nitrogens with zero attached hydrogens (tertiary/aromatic N) is 1. The summed E-state index contributed by atoms with van der Waals surface area (Å²) in [7, 11) is 0. The third kappa shape index (κ3) is 7.98. The molecular formula is C19H24IN3O2. The first-order chi connectivity index (χ1) is 11.7. The van der Waals surface area contributed by atoms with Crippen LogP contribution in [-0.4, -0.2) is 25.2 Å². The minimum atomic E-state index is 0. The molecule has 0 aliphatic carbocycles. The zero-order valence-corrected chi connectivity index (χ0v) is 16.8. The van der Waals surface area contributed by atoms with Gasteiger partial charge in [0.1, 0.15) is 11.5 Å². The van der Waals surface area contributed by atoms with E-state index in [1.807, 2.05) is 50.2 Å². The molecule has 134 valence electrons. The Balaban J connectivity index is 0.00000312. The fourth-order valence-electron chi connectivity index (χ4n) is 2.03. The van der Waals surface area contributed by atoms with Gasteiger partial charge in [0.15, 0.2) is 5.96 Å². The van der Waals surface area contributed by atoms with Crippen LogP contribution >= 0.6 is 24.0 Å². The van der Waals surface area contributed by atoms with Gasteiger partial charge in [-0.2, -0.15) is 0 Å². The maximum absolute atomic E-state index is 5.63. The maximum atomic E-state index is 5.63. The van der Waals surface area contributed by atoms with Crippen LogP contribution in [0.5, 0.6) is 5.75 Å². The number of terminal acetylenes is 1. The number of hydrogen-bond donors (Lipinski definition) is 2. The number of benzene rings is 1. The second-order valence-electron chi connectivity index (χ2n) is 5.43. The number of halogens is 1. The summed E-state index contributed by atoms with van der Waals surface area (Å²) in [5.41, 5.74) is 0.910. The van der Waals surface area contributed by atoms with Crippen LogP contribution in [0.1, 0.15) is 19.6 Å². The summed E-state index contributed by atoms with van der Waals surface area (Å²) < 4.78 is 10.9. The lowest BCUT2D eigenvalue weighted by atomic mass is 10.3. The van der Waals surface area contributed by atoms with E-state index in [4.69, 9.17) is 15.6 Å². The number of hydrogen-bond acceptors (Lipinski definition) is 3. The Morgan fingerprint density at radius 1 is 1.28 bits per heavy atom. The summed E-state index contributed by atoms with van der Waals surface area (Å²) in [5, 5.41) is 6.32. The molecule has 0 radical (unpaired) electrons. The number of furan rings is 1. The molecule has 0 amide bonds. The molecule has 25 heavy (non-hydrogen) atoms. The normalized spacial score (nSPS) is 10.7. The van der Waals surface area contributed by atoms with Gasteiger partial charge in [-0.3, -0.25) is 4.99 Å². The van der Waals surface area contributed by atoms with E-state index in [2.05, 4.69) is 21.5 Å². The molecule has 0 unspecified atom stereocenters. The van der Waals surface area contributed by atoms with Crippen molar-refractivity contribution >= 4 is 35.6 Å². The zero-order valence-electron chi connectivity index (χ0n) is 14.5. The van der Waals surface area contributed by atoms with E-state index in [-0.39, 0.29) is 30.1 Å². The number of nitrogens with one attached hydrogen (secondary N) is 2. The van der Waals surface area contributed by atoms with Crippen LogP contribution < -0.4 is 15.4 Å². The highest BCUT2D eigenvalue weighted by Gasteiger charge is 2.02. The molecule has 0 spiro atoms. The molecule has 0 saturated carbocycles. The average molecular weight is 453 g/mol. The monoisotopic (exact) mass is 453 g/mol. The van der Waals surface area contributed by atoms with E-state index >= 15 is 0 Å². The quantitative estimate of drug-likeness (QED) is 0.289. The van der Waals surface area contributed by atoms with Crippen LogP contribution in [0.2, 0.25) is 0 Å². The van der Waals surface area contributed by atoms with E-state index in [9.17, 15) is 0 Å². The lowest BCUT2D eigenvalue weighted by Crippen LogP contribution is -2.31. The maximum Gasteiger partial charge on any atom is 0.196 e. The summed E-state index contributed by atoms with van der Waals surface area (Å²) >= 11 is 0. The smallest absolute Gasteiger partial charge is 0.196 e. The Labute approximate surface area is 166 Å². The van der Waals surface area contributed by atoms with Crippen LogP contribution in [-0.2, 0) is 6.42 Å². The average Bonchev–Trinajstić information content (AvgIpc) is 3.07. The second-order valence-corrected chi connectivity index (χ2v) is 5.43. The van der Waals surface area contributed by atoms with Crippen LogP contribution in [0.4, 0.5) is 5.69 Å². The second kappa shape index (κ2) is 11.4. The molecule has 0 aliphatic heterocycles. The van der Waals surface area contributed by atoms with E-state index in [1.165, 1.54) is 0 Å². The Kier molecular flexibility index (Phi) is 9.55. The van der Waals surface area contributed by atoms with E-state index in [0.717, 1.165) is 23.6 Å². The predicted molar refractivity (Wildman–Crippen MR) is 113 cm³/mol. The van der Waals surface area contributed by atoms with E-state index in [0.29, 0.717) is 19.0 Å². The third-order valence-electron chi connectivity index (χ3n) is 3.05. The van der Waals surface area contributed by atoms with Crippen molar-refractivity contribution in [2.45, 2.75) is 26.4 Å². The summed E-state index contributed by atoms with van der Waals surface area (Å²) in [6, 6.07) is 11.5. The van der Waals surface area contributed by atoms with E-state index in [1.54, 1.807) is 6.26 Å². The largest absolute Gasteiger partial charge is 0.491 e. The van der Waals surface area contributed by atoms with Gasteiger partial charge in [0.25, 0.3) is 0 Å². The van der Waals surface area contributed by atoms with Gasteiger partial charge in [0.2, 0.25) is 0 Å². The van der Waals surface area contributed by atoms with Crippen molar-refractivity contribution in [3.63, 3.8) is 0 Å². The van der Waals surface area contributed by atoms with Crippen molar-refractivity contribution in [3.8, 4) is 18.1 Å². The number of anilines is 1. The van der Waals surface area contributed by atoms with Crippen LogP contribution in [0.15, 0.2) is 52.1 Å². The molecule has 5 nitrogen and oxygen atoms in total. The standard InChI is InChI=1S/C19H23N3O2.HI/c1-4-12-20-19(21-13-11-17-6-5-14-23-17)22-16-7-9-18(10-8-16)24-15(2)3;/h1,5-10,14-15H,11-13H2,2-3H3,(H2,20,21,22);1H. The molecule has 0 saturated heterocycles. The van der Waals surface area contributed by atoms with Gasteiger partial charge in [0, 0.05) is 18.7 Å². The molecule has 0 bridgehead atoms. The molecule has 6 heteroatoms. The first kappa shape index (κ1) is 20.9. The predicted octanol–water partition coefficient (Wildman–Crippen LogP) is 3.92. The van der Waals surface area contributed by atoms with Crippen LogP contribution in [0, 0.1) is 12.3 Å². The van der Waals surface area contributed by atoms with Gasteiger partial charge in [-0.1, -0.05) is 5.92 Å². The topological polar surface area (TPSA) is 58.8 Å². The van der Waals surface area contributed by atoms with Gasteiger partial charge in [0.05, 0.1) is 18.9 Å². The number of rotatable bonds is 7. The van der Waals surface area contributed by atoms with Crippen molar-refractivity contribution in [2.75, 3.05) is 18.4 Å². The Morgan fingerprint density at radius 3 is 2.64 bits per heavy atom. The summed E-state index contributed by atoms with van der Waals surface area (Å²) in [6.07, 6.45) is 7.86. The number of ether oxygens (including phenoxy) is 1. The molecule has 2 rings (SSSR count). The van der Waals surface area contributed by atoms with Crippen LogP contribution in [0.25, 0.3) is 0 Å². The van der Waals surface area contributed by atoms with Crippen molar-refractivity contribution in [2.24, 2.45) is 4.99 Å². The first-order valence-electron chi connectivity index (χ1n) is 7.95. The fourth-order valence-corrected chi connectivity index (χ4v) is 2.03. The highest BCUT2D eigenvalue weighted by Crippen LogP contribution is 2.16. The lowest BCUT2D eigenvalue weighted by molar-refractivity contribution is 0.242. The van der Waals surface area contributed by atoms with Crippen LogP contribution in [0.3, 0.4) is 0 Å². The number of aliphatic imine (C=N–C) groups is 1. The molecule has 2 N–H and O–H groups in total. The molecular weight excluding hydrogens is 429 g/mol. The molecule has 1 aromatic carbocycles.